The SMILES string of the molecule is Cc1cc(CC(=O)N2CCOCC23CC3)no1. The van der Waals surface area contributed by atoms with Crippen molar-refractivity contribution in [1.82, 2.24) is 10.1 Å². The van der Waals surface area contributed by atoms with E-state index < -0.39 is 0 Å². The molecule has 0 bridgehead atoms. The zero-order valence-corrected chi connectivity index (χ0v) is 9.94. The van der Waals surface area contributed by atoms with Gasteiger partial charge in [0.15, 0.2) is 0 Å². The van der Waals surface area contributed by atoms with Crippen LogP contribution in [0.3, 0.4) is 0 Å². The van der Waals surface area contributed by atoms with Gasteiger partial charge in [-0.25, -0.2) is 0 Å². The van der Waals surface area contributed by atoms with Crippen LogP contribution in [0.4, 0.5) is 0 Å². The van der Waals surface area contributed by atoms with Crippen LogP contribution in [0.1, 0.15) is 24.3 Å². The van der Waals surface area contributed by atoms with E-state index in [0.29, 0.717) is 26.2 Å². The molecule has 1 saturated heterocycles. The minimum atomic E-state index is 0.00805. The predicted molar refractivity (Wildman–Crippen MR) is 59.4 cm³/mol. The van der Waals surface area contributed by atoms with Crippen LogP contribution < -0.4 is 0 Å². The number of hydrogen-bond acceptors (Lipinski definition) is 4. The second-order valence-corrected chi connectivity index (χ2v) is 4.93. The average molecular weight is 236 g/mol. The van der Waals surface area contributed by atoms with Crippen molar-refractivity contribution in [2.45, 2.75) is 31.7 Å². The van der Waals surface area contributed by atoms with Crippen molar-refractivity contribution in [1.29, 1.82) is 0 Å². The van der Waals surface area contributed by atoms with Gasteiger partial charge in [0, 0.05) is 12.6 Å². The van der Waals surface area contributed by atoms with Crippen molar-refractivity contribution >= 4 is 5.91 Å². The third-order valence-corrected chi connectivity index (χ3v) is 3.54. The molecule has 3 rings (SSSR count). The molecule has 17 heavy (non-hydrogen) atoms. The summed E-state index contributed by atoms with van der Waals surface area (Å²) in [6.07, 6.45) is 2.46. The highest BCUT2D eigenvalue weighted by atomic mass is 16.5. The summed E-state index contributed by atoms with van der Waals surface area (Å²) in [5, 5.41) is 3.87. The summed E-state index contributed by atoms with van der Waals surface area (Å²) in [4.78, 5) is 14.2. The van der Waals surface area contributed by atoms with Gasteiger partial charge in [-0.3, -0.25) is 4.79 Å². The van der Waals surface area contributed by atoms with Gasteiger partial charge in [-0.2, -0.15) is 0 Å². The number of morpholine rings is 1. The predicted octanol–water partition coefficient (Wildman–Crippen LogP) is 0.917. The Labute approximate surface area is 99.7 Å². The highest BCUT2D eigenvalue weighted by Crippen LogP contribution is 2.43. The quantitative estimate of drug-likeness (QED) is 0.766. The molecule has 2 heterocycles. The first-order valence-electron chi connectivity index (χ1n) is 6.00. The number of aromatic nitrogens is 1. The van der Waals surface area contributed by atoms with Gasteiger partial charge in [-0.15, -0.1) is 0 Å². The van der Waals surface area contributed by atoms with Gasteiger partial charge in [0.2, 0.25) is 5.91 Å². The van der Waals surface area contributed by atoms with E-state index in [1.807, 2.05) is 17.9 Å². The van der Waals surface area contributed by atoms with E-state index in [-0.39, 0.29) is 11.4 Å². The molecule has 1 aliphatic carbocycles. The number of aryl methyl sites for hydroxylation is 1. The van der Waals surface area contributed by atoms with Crippen molar-refractivity contribution in [3.05, 3.63) is 17.5 Å². The molecule has 0 atom stereocenters. The lowest BCUT2D eigenvalue weighted by Gasteiger charge is -2.36. The first kappa shape index (κ1) is 10.8. The number of ether oxygens (including phenoxy) is 1. The van der Waals surface area contributed by atoms with Crippen molar-refractivity contribution in [3.8, 4) is 0 Å². The monoisotopic (exact) mass is 236 g/mol. The van der Waals surface area contributed by atoms with Crippen molar-refractivity contribution in [2.75, 3.05) is 19.8 Å². The zero-order chi connectivity index (χ0) is 11.9. The van der Waals surface area contributed by atoms with E-state index >= 15 is 0 Å². The largest absolute Gasteiger partial charge is 0.377 e. The Hall–Kier alpha value is -1.36. The van der Waals surface area contributed by atoms with Gasteiger partial charge in [-0.1, -0.05) is 5.16 Å². The van der Waals surface area contributed by atoms with E-state index in [2.05, 4.69) is 5.16 Å². The molecule has 5 nitrogen and oxygen atoms in total. The summed E-state index contributed by atoms with van der Waals surface area (Å²) in [6, 6.07) is 1.82. The topological polar surface area (TPSA) is 55.6 Å². The maximum atomic E-state index is 12.2. The fourth-order valence-corrected chi connectivity index (χ4v) is 2.43. The third kappa shape index (κ3) is 1.95. The van der Waals surface area contributed by atoms with E-state index in [0.717, 1.165) is 24.3 Å². The summed E-state index contributed by atoms with van der Waals surface area (Å²) in [6.45, 7) is 3.87. The number of hydrogen-bond donors (Lipinski definition) is 0. The van der Waals surface area contributed by atoms with Crippen LogP contribution in [-0.4, -0.2) is 41.3 Å². The Morgan fingerprint density at radius 1 is 1.59 bits per heavy atom. The lowest BCUT2D eigenvalue weighted by atomic mass is 10.1. The Morgan fingerprint density at radius 3 is 3.06 bits per heavy atom. The molecule has 2 fully saturated rings. The Balaban J connectivity index is 1.69. The Bertz CT molecular complexity index is 437. The normalized spacial score (nSPS) is 21.8. The molecule has 1 aromatic rings. The molecule has 0 N–H and O–H groups in total. The van der Waals surface area contributed by atoms with E-state index in [9.17, 15) is 4.79 Å². The standard InChI is InChI=1S/C12H16N2O3/c1-9-6-10(13-17-9)7-11(15)14-4-5-16-8-12(14)2-3-12/h6H,2-5,7-8H2,1H3. The number of carbonyl (C=O) groups excluding carboxylic acids is 1. The van der Waals surface area contributed by atoms with Crippen LogP contribution in [0.5, 0.6) is 0 Å². The van der Waals surface area contributed by atoms with Crippen LogP contribution in [0.15, 0.2) is 10.6 Å². The molecule has 0 radical (unpaired) electrons. The van der Waals surface area contributed by atoms with Crippen molar-refractivity contribution < 1.29 is 14.1 Å². The summed E-state index contributed by atoms with van der Waals surface area (Å²) < 4.78 is 10.4. The first-order chi connectivity index (χ1) is 8.20. The average Bonchev–Trinajstić information content (AvgIpc) is 2.94. The second kappa shape index (κ2) is 3.84. The van der Waals surface area contributed by atoms with E-state index in [1.165, 1.54) is 0 Å². The molecule has 0 aromatic carbocycles. The molecule has 2 aliphatic rings. The molecular weight excluding hydrogens is 220 g/mol. The minimum absolute atomic E-state index is 0.00805. The summed E-state index contributed by atoms with van der Waals surface area (Å²) in [5.74, 6) is 0.884. The molecular formula is C12H16N2O3. The molecule has 1 amide bonds. The number of rotatable bonds is 2. The number of carbonyl (C=O) groups is 1. The summed E-state index contributed by atoms with van der Waals surface area (Å²) >= 11 is 0. The molecule has 1 aromatic heterocycles. The van der Waals surface area contributed by atoms with Crippen molar-refractivity contribution in [3.63, 3.8) is 0 Å². The van der Waals surface area contributed by atoms with E-state index in [4.69, 9.17) is 9.26 Å². The van der Waals surface area contributed by atoms with Crippen LogP contribution in [0, 0.1) is 6.92 Å². The zero-order valence-electron chi connectivity index (χ0n) is 9.94. The maximum absolute atomic E-state index is 12.2. The highest BCUT2D eigenvalue weighted by molar-refractivity contribution is 5.79. The third-order valence-electron chi connectivity index (χ3n) is 3.54. The van der Waals surface area contributed by atoms with Crippen molar-refractivity contribution in [2.24, 2.45) is 0 Å². The molecule has 0 unspecified atom stereocenters. The van der Waals surface area contributed by atoms with Crippen LogP contribution in [-0.2, 0) is 16.0 Å². The smallest absolute Gasteiger partial charge is 0.229 e. The van der Waals surface area contributed by atoms with Gasteiger partial charge < -0.3 is 14.2 Å². The van der Waals surface area contributed by atoms with Gasteiger partial charge in [0.1, 0.15) is 5.76 Å². The molecule has 1 saturated carbocycles. The maximum Gasteiger partial charge on any atom is 0.229 e. The lowest BCUT2D eigenvalue weighted by Crippen LogP contribution is -2.51. The van der Waals surface area contributed by atoms with Gasteiger partial charge in [0.05, 0.1) is 30.9 Å². The first-order valence-corrected chi connectivity index (χ1v) is 6.00. The molecule has 5 heteroatoms. The molecule has 1 aliphatic heterocycles. The molecule has 1 spiro atoms. The van der Waals surface area contributed by atoms with Gasteiger partial charge in [0.25, 0.3) is 0 Å². The van der Waals surface area contributed by atoms with E-state index in [1.54, 1.807) is 0 Å². The van der Waals surface area contributed by atoms with Gasteiger partial charge in [-0.05, 0) is 19.8 Å². The summed E-state index contributed by atoms with van der Waals surface area (Å²) in [5.41, 5.74) is 0.725. The molecule has 92 valence electrons. The number of amides is 1. The van der Waals surface area contributed by atoms with Crippen LogP contribution >= 0.6 is 0 Å². The van der Waals surface area contributed by atoms with Crippen LogP contribution in [0.2, 0.25) is 0 Å². The fourth-order valence-electron chi connectivity index (χ4n) is 2.43. The Morgan fingerprint density at radius 2 is 2.41 bits per heavy atom. The number of nitrogens with zero attached hydrogens (tertiary/aromatic N) is 2. The fraction of sp³-hybridized carbons (Fsp3) is 0.667. The Kier molecular flexibility index (Phi) is 2.43. The second-order valence-electron chi connectivity index (χ2n) is 4.93. The van der Waals surface area contributed by atoms with Gasteiger partial charge >= 0.3 is 0 Å². The summed E-state index contributed by atoms with van der Waals surface area (Å²) in [7, 11) is 0. The minimum Gasteiger partial charge on any atom is -0.377 e. The van der Waals surface area contributed by atoms with Crippen LogP contribution in [0.25, 0.3) is 0 Å². The highest BCUT2D eigenvalue weighted by Gasteiger charge is 2.51. The lowest BCUT2D eigenvalue weighted by molar-refractivity contribution is -0.141.